The van der Waals surface area contributed by atoms with E-state index >= 15 is 0 Å². The van der Waals surface area contributed by atoms with Crippen molar-refractivity contribution in [2.45, 2.75) is 13.8 Å². The Hall–Kier alpha value is -2.93. The second-order valence-corrected chi connectivity index (χ2v) is 5.67. The summed E-state index contributed by atoms with van der Waals surface area (Å²) in [5, 5.41) is 2.13. The summed E-state index contributed by atoms with van der Waals surface area (Å²) in [5.41, 5.74) is 4.63. The summed E-state index contributed by atoms with van der Waals surface area (Å²) in [6.07, 6.45) is 5.50. The summed E-state index contributed by atoms with van der Waals surface area (Å²) in [6.45, 7) is 3.96. The van der Waals surface area contributed by atoms with Crippen molar-refractivity contribution in [2.24, 2.45) is 0 Å². The predicted molar refractivity (Wildman–Crippen MR) is 93.6 cm³/mol. The van der Waals surface area contributed by atoms with Gasteiger partial charge in [-0.25, -0.2) is 4.98 Å². The van der Waals surface area contributed by atoms with E-state index in [0.29, 0.717) is 0 Å². The summed E-state index contributed by atoms with van der Waals surface area (Å²) in [6, 6.07) is 5.99. The van der Waals surface area contributed by atoms with Gasteiger partial charge in [-0.2, -0.15) is 0 Å². The molecular formula is C19H18N4. The van der Waals surface area contributed by atoms with Gasteiger partial charge in [0.15, 0.2) is 0 Å². The van der Waals surface area contributed by atoms with E-state index in [2.05, 4.69) is 32.9 Å². The fourth-order valence-corrected chi connectivity index (χ4v) is 2.33. The molecule has 3 aromatic rings. The Morgan fingerprint density at radius 2 is 1.70 bits per heavy atom. The number of fused-ring (bicyclic) bond motifs is 1. The van der Waals surface area contributed by atoms with Crippen LogP contribution in [0.15, 0.2) is 36.8 Å². The van der Waals surface area contributed by atoms with Crippen LogP contribution in [0.25, 0.3) is 10.8 Å². The summed E-state index contributed by atoms with van der Waals surface area (Å²) >= 11 is 0. The number of anilines is 1. The van der Waals surface area contributed by atoms with E-state index < -0.39 is 0 Å². The molecule has 0 N–H and O–H groups in total. The Labute approximate surface area is 136 Å². The summed E-state index contributed by atoms with van der Waals surface area (Å²) in [4.78, 5) is 15.2. The largest absolute Gasteiger partial charge is 0.376 e. The molecule has 3 heterocycles. The van der Waals surface area contributed by atoms with E-state index in [1.54, 1.807) is 0 Å². The number of nitrogens with zero attached hydrogens (tertiary/aromatic N) is 4. The number of aromatic nitrogens is 3. The molecule has 23 heavy (non-hydrogen) atoms. The number of rotatable bonds is 1. The lowest BCUT2D eigenvalue weighted by Crippen LogP contribution is -2.08. The third-order valence-corrected chi connectivity index (χ3v) is 3.70. The van der Waals surface area contributed by atoms with Gasteiger partial charge >= 0.3 is 0 Å². The second-order valence-electron chi connectivity index (χ2n) is 5.67. The SMILES string of the molecule is Cc1cc2c(C#Cc3ccc(N(C)C)cn3)cnc(C)c2cn1. The number of pyridine rings is 3. The average molecular weight is 302 g/mol. The third-order valence-electron chi connectivity index (χ3n) is 3.70. The van der Waals surface area contributed by atoms with Crippen LogP contribution in [-0.4, -0.2) is 29.0 Å². The molecule has 4 heteroatoms. The highest BCUT2D eigenvalue weighted by Gasteiger charge is 2.04. The van der Waals surface area contributed by atoms with Gasteiger partial charge in [0.2, 0.25) is 0 Å². The van der Waals surface area contributed by atoms with Crippen LogP contribution in [0.4, 0.5) is 5.69 Å². The van der Waals surface area contributed by atoms with Crippen molar-refractivity contribution in [1.82, 2.24) is 15.0 Å². The fraction of sp³-hybridized carbons (Fsp3) is 0.211. The Morgan fingerprint density at radius 3 is 2.39 bits per heavy atom. The molecule has 0 aliphatic rings. The van der Waals surface area contributed by atoms with Gasteiger partial charge in [0.1, 0.15) is 5.69 Å². The minimum atomic E-state index is 0.745. The molecule has 0 bridgehead atoms. The van der Waals surface area contributed by atoms with Gasteiger partial charge in [-0.05, 0) is 38.0 Å². The fourth-order valence-electron chi connectivity index (χ4n) is 2.33. The highest BCUT2D eigenvalue weighted by molar-refractivity contribution is 5.89. The van der Waals surface area contributed by atoms with Crippen LogP contribution in [0, 0.1) is 25.7 Å². The molecule has 0 amide bonds. The first-order chi connectivity index (χ1) is 11.0. The van der Waals surface area contributed by atoms with Crippen LogP contribution in [0.1, 0.15) is 22.6 Å². The molecule has 0 unspecified atom stereocenters. The molecule has 0 fully saturated rings. The molecule has 4 nitrogen and oxygen atoms in total. The van der Waals surface area contributed by atoms with Crippen LogP contribution < -0.4 is 4.90 Å². The molecule has 0 aliphatic heterocycles. The summed E-state index contributed by atoms with van der Waals surface area (Å²) in [7, 11) is 3.98. The van der Waals surface area contributed by atoms with Crippen molar-refractivity contribution in [1.29, 1.82) is 0 Å². The van der Waals surface area contributed by atoms with Crippen molar-refractivity contribution >= 4 is 16.5 Å². The van der Waals surface area contributed by atoms with Crippen LogP contribution in [-0.2, 0) is 0 Å². The molecule has 0 saturated carbocycles. The van der Waals surface area contributed by atoms with E-state index in [1.807, 2.05) is 63.6 Å². The predicted octanol–water partition coefficient (Wildman–Crippen LogP) is 3.11. The monoisotopic (exact) mass is 302 g/mol. The molecule has 3 rings (SSSR count). The Kier molecular flexibility index (Phi) is 3.94. The highest BCUT2D eigenvalue weighted by Crippen LogP contribution is 2.20. The maximum absolute atomic E-state index is 4.42. The minimum Gasteiger partial charge on any atom is -0.376 e. The summed E-state index contributed by atoms with van der Waals surface area (Å²) < 4.78 is 0. The van der Waals surface area contributed by atoms with Gasteiger partial charge in [-0.3, -0.25) is 9.97 Å². The van der Waals surface area contributed by atoms with E-state index in [-0.39, 0.29) is 0 Å². The third kappa shape index (κ3) is 3.14. The zero-order chi connectivity index (χ0) is 16.4. The minimum absolute atomic E-state index is 0.745. The highest BCUT2D eigenvalue weighted by atomic mass is 15.1. The van der Waals surface area contributed by atoms with E-state index in [9.17, 15) is 0 Å². The zero-order valence-electron chi connectivity index (χ0n) is 13.8. The van der Waals surface area contributed by atoms with E-state index in [0.717, 1.165) is 39.1 Å². The van der Waals surface area contributed by atoms with Crippen LogP contribution in [0.2, 0.25) is 0 Å². The van der Waals surface area contributed by atoms with Crippen molar-refractivity contribution in [3.8, 4) is 11.8 Å². The first-order valence-electron chi connectivity index (χ1n) is 7.42. The number of hydrogen-bond acceptors (Lipinski definition) is 4. The number of aryl methyl sites for hydroxylation is 2. The molecule has 114 valence electrons. The smallest absolute Gasteiger partial charge is 0.113 e. The van der Waals surface area contributed by atoms with E-state index in [1.165, 1.54) is 0 Å². The lowest BCUT2D eigenvalue weighted by molar-refractivity contribution is 1.11. The molecule has 0 aromatic carbocycles. The molecule has 0 radical (unpaired) electrons. The van der Waals surface area contributed by atoms with Crippen molar-refractivity contribution in [2.75, 3.05) is 19.0 Å². The molecular weight excluding hydrogens is 284 g/mol. The van der Waals surface area contributed by atoms with Gasteiger partial charge in [0, 0.05) is 48.6 Å². The Bertz CT molecular complexity index is 916. The standard InChI is InChI=1S/C19H18N4/c1-13-9-18-15(10-21-14(2)19(18)12-20-13)5-6-16-7-8-17(11-22-16)23(3)4/h7-12H,1-4H3. The van der Waals surface area contributed by atoms with Gasteiger partial charge in [0.25, 0.3) is 0 Å². The number of hydrogen-bond donors (Lipinski definition) is 0. The molecule has 0 saturated heterocycles. The first-order valence-corrected chi connectivity index (χ1v) is 7.42. The Morgan fingerprint density at radius 1 is 0.870 bits per heavy atom. The van der Waals surface area contributed by atoms with Gasteiger partial charge in [-0.15, -0.1) is 0 Å². The van der Waals surface area contributed by atoms with Crippen molar-refractivity contribution in [3.05, 3.63) is 59.4 Å². The quantitative estimate of drug-likeness (QED) is 0.648. The maximum atomic E-state index is 4.42. The van der Waals surface area contributed by atoms with Crippen LogP contribution >= 0.6 is 0 Å². The molecule has 0 aliphatic carbocycles. The van der Waals surface area contributed by atoms with Crippen LogP contribution in [0.3, 0.4) is 0 Å². The summed E-state index contributed by atoms with van der Waals surface area (Å²) in [5.74, 6) is 6.31. The molecule has 0 spiro atoms. The Balaban J connectivity index is 2.02. The topological polar surface area (TPSA) is 41.9 Å². The van der Waals surface area contributed by atoms with E-state index in [4.69, 9.17) is 0 Å². The maximum Gasteiger partial charge on any atom is 0.113 e. The van der Waals surface area contributed by atoms with Crippen molar-refractivity contribution < 1.29 is 0 Å². The molecule has 3 aromatic heterocycles. The lowest BCUT2D eigenvalue weighted by atomic mass is 10.1. The lowest BCUT2D eigenvalue weighted by Gasteiger charge is -2.10. The van der Waals surface area contributed by atoms with Gasteiger partial charge in [0.05, 0.1) is 17.4 Å². The van der Waals surface area contributed by atoms with Gasteiger partial charge in [-0.1, -0.05) is 5.92 Å². The average Bonchev–Trinajstić information content (AvgIpc) is 2.54. The molecule has 0 atom stereocenters. The van der Waals surface area contributed by atoms with Crippen LogP contribution in [0.5, 0.6) is 0 Å². The normalized spacial score (nSPS) is 10.3. The van der Waals surface area contributed by atoms with Crippen molar-refractivity contribution in [3.63, 3.8) is 0 Å². The second kappa shape index (κ2) is 6.05. The zero-order valence-corrected chi connectivity index (χ0v) is 13.8. The van der Waals surface area contributed by atoms with Gasteiger partial charge < -0.3 is 4.90 Å². The first kappa shape index (κ1) is 15.0.